The highest BCUT2D eigenvalue weighted by Gasteiger charge is 2.45. The standard InChI is InChI=1S/C56H43N/c1-55(2)50-28-15-18-38-35-48(47-27-16-29-51(56(55,3)4)54(47)53(38)50)36-17-14-21-40(33-36)57(39-19-6-5-7-20-39)52-30-13-12-22-41(52)37-31-32-46-44-25-9-8-23-42(44)43-24-10-11-26-45(43)49(46)34-37/h5-35H,1-4H3. The number of anilines is 3. The van der Waals surface area contributed by atoms with Crippen LogP contribution in [0.1, 0.15) is 38.8 Å². The lowest BCUT2D eigenvalue weighted by Crippen LogP contribution is -2.42. The molecule has 1 heteroatoms. The van der Waals surface area contributed by atoms with Crippen molar-refractivity contribution < 1.29 is 0 Å². The summed E-state index contributed by atoms with van der Waals surface area (Å²) in [5.74, 6) is 0. The zero-order chi connectivity index (χ0) is 38.5. The fourth-order valence-corrected chi connectivity index (χ4v) is 10.0. The van der Waals surface area contributed by atoms with Crippen LogP contribution >= 0.6 is 0 Å². The van der Waals surface area contributed by atoms with E-state index in [1.165, 1.54) is 87.2 Å². The zero-order valence-corrected chi connectivity index (χ0v) is 32.8. The zero-order valence-electron chi connectivity index (χ0n) is 32.8. The van der Waals surface area contributed by atoms with Gasteiger partial charge in [-0.25, -0.2) is 0 Å². The Morgan fingerprint density at radius 1 is 0.333 bits per heavy atom. The van der Waals surface area contributed by atoms with Crippen molar-refractivity contribution in [1.29, 1.82) is 0 Å². The van der Waals surface area contributed by atoms with Crippen molar-refractivity contribution in [1.82, 2.24) is 0 Å². The molecule has 0 saturated carbocycles. The van der Waals surface area contributed by atoms with E-state index in [1.807, 2.05) is 0 Å². The summed E-state index contributed by atoms with van der Waals surface area (Å²) in [7, 11) is 0. The normalized spacial score (nSPS) is 14.2. The van der Waals surface area contributed by atoms with Gasteiger partial charge in [0.25, 0.3) is 0 Å². The number of nitrogens with zero attached hydrogens (tertiary/aromatic N) is 1. The molecule has 0 aromatic heterocycles. The van der Waals surface area contributed by atoms with Crippen LogP contribution in [0, 0.1) is 0 Å². The van der Waals surface area contributed by atoms with Crippen LogP contribution in [0.25, 0.3) is 76.1 Å². The lowest BCUT2D eigenvalue weighted by Gasteiger charge is -2.47. The number of benzene rings is 10. The number of fused-ring (bicyclic) bond motifs is 6. The van der Waals surface area contributed by atoms with Crippen LogP contribution in [-0.2, 0) is 10.8 Å². The quantitative estimate of drug-likeness (QED) is 0.159. The van der Waals surface area contributed by atoms with E-state index in [0.717, 1.165) is 17.1 Å². The first-order valence-electron chi connectivity index (χ1n) is 20.2. The van der Waals surface area contributed by atoms with E-state index in [4.69, 9.17) is 0 Å². The van der Waals surface area contributed by atoms with Crippen LogP contribution in [-0.4, -0.2) is 0 Å². The Bertz CT molecular complexity index is 3200. The van der Waals surface area contributed by atoms with E-state index in [0.29, 0.717) is 0 Å². The lowest BCUT2D eigenvalue weighted by molar-refractivity contribution is 0.304. The van der Waals surface area contributed by atoms with Crippen LogP contribution in [0.3, 0.4) is 0 Å². The fourth-order valence-electron chi connectivity index (χ4n) is 10.0. The van der Waals surface area contributed by atoms with Crippen molar-refractivity contribution in [3.8, 4) is 22.3 Å². The molecule has 0 amide bonds. The van der Waals surface area contributed by atoms with E-state index in [-0.39, 0.29) is 10.8 Å². The van der Waals surface area contributed by atoms with E-state index in [2.05, 4.69) is 221 Å². The first-order valence-corrected chi connectivity index (χ1v) is 20.2. The first kappa shape index (κ1) is 33.6. The van der Waals surface area contributed by atoms with Gasteiger partial charge in [0.2, 0.25) is 0 Å². The Morgan fingerprint density at radius 3 is 1.58 bits per heavy atom. The van der Waals surface area contributed by atoms with Crippen molar-refractivity contribution in [3.05, 3.63) is 199 Å². The average molecular weight is 730 g/mol. The maximum absolute atomic E-state index is 2.43. The molecule has 0 unspecified atom stereocenters. The fraction of sp³-hybridized carbons (Fsp3) is 0.107. The molecular weight excluding hydrogens is 687 g/mol. The Kier molecular flexibility index (Phi) is 7.32. The Balaban J connectivity index is 1.12. The summed E-state index contributed by atoms with van der Waals surface area (Å²) in [6, 6.07) is 69.9. The van der Waals surface area contributed by atoms with E-state index < -0.39 is 0 Å². The molecule has 272 valence electrons. The predicted octanol–water partition coefficient (Wildman–Crippen LogP) is 15.8. The molecule has 1 aliphatic rings. The molecule has 0 aliphatic heterocycles. The Labute approximate surface area is 334 Å². The molecule has 1 nitrogen and oxygen atoms in total. The van der Waals surface area contributed by atoms with E-state index in [9.17, 15) is 0 Å². The molecule has 0 spiro atoms. The van der Waals surface area contributed by atoms with Gasteiger partial charge in [-0.1, -0.05) is 173 Å². The minimum Gasteiger partial charge on any atom is -0.310 e. The summed E-state index contributed by atoms with van der Waals surface area (Å²) in [4.78, 5) is 2.43. The highest BCUT2D eigenvalue weighted by molar-refractivity contribution is 6.26. The third-order valence-electron chi connectivity index (χ3n) is 13.5. The molecule has 0 atom stereocenters. The van der Waals surface area contributed by atoms with Crippen LogP contribution in [0.5, 0.6) is 0 Å². The highest BCUT2D eigenvalue weighted by Crippen LogP contribution is 2.55. The predicted molar refractivity (Wildman–Crippen MR) is 246 cm³/mol. The third kappa shape index (κ3) is 4.88. The molecule has 0 radical (unpaired) electrons. The number of para-hydroxylation sites is 2. The summed E-state index contributed by atoms with van der Waals surface area (Å²) in [6.07, 6.45) is 0. The molecule has 1 aliphatic carbocycles. The van der Waals surface area contributed by atoms with Crippen LogP contribution < -0.4 is 4.90 Å². The summed E-state index contributed by atoms with van der Waals surface area (Å²) in [5.41, 5.74) is 11.1. The van der Waals surface area contributed by atoms with E-state index >= 15 is 0 Å². The largest absolute Gasteiger partial charge is 0.310 e. The first-order chi connectivity index (χ1) is 27.8. The van der Waals surface area contributed by atoms with Gasteiger partial charge in [0.05, 0.1) is 5.69 Å². The molecule has 0 N–H and O–H groups in total. The van der Waals surface area contributed by atoms with Gasteiger partial charge in [-0.15, -0.1) is 0 Å². The van der Waals surface area contributed by atoms with Gasteiger partial charge in [-0.3, -0.25) is 0 Å². The molecular formula is C56H43N. The summed E-state index contributed by atoms with van der Waals surface area (Å²) < 4.78 is 0. The highest BCUT2D eigenvalue weighted by atomic mass is 15.1. The van der Waals surface area contributed by atoms with Crippen LogP contribution in [0.15, 0.2) is 188 Å². The van der Waals surface area contributed by atoms with Gasteiger partial charge in [0.1, 0.15) is 0 Å². The van der Waals surface area contributed by atoms with Crippen LogP contribution in [0.2, 0.25) is 0 Å². The summed E-state index contributed by atoms with van der Waals surface area (Å²) in [5, 5.41) is 13.1. The summed E-state index contributed by atoms with van der Waals surface area (Å²) >= 11 is 0. The van der Waals surface area contributed by atoms with Gasteiger partial charge < -0.3 is 4.90 Å². The smallest absolute Gasteiger partial charge is 0.0540 e. The molecule has 0 fully saturated rings. The monoisotopic (exact) mass is 729 g/mol. The topological polar surface area (TPSA) is 3.24 Å². The SMILES string of the molecule is CC1(C)c2cccc3cc(-c4cccc(N(c5ccccc5)c5ccccc5-c5ccc6c7ccccc7c7ccccc7c6c5)c4)c4cccc(c4c23)C1(C)C. The number of hydrogen-bond donors (Lipinski definition) is 0. The van der Waals surface area contributed by atoms with Gasteiger partial charge in [0, 0.05) is 16.9 Å². The van der Waals surface area contributed by atoms with Gasteiger partial charge in [0.15, 0.2) is 0 Å². The summed E-state index contributed by atoms with van der Waals surface area (Å²) in [6.45, 7) is 9.68. The number of rotatable bonds is 5. The molecule has 0 heterocycles. The van der Waals surface area contributed by atoms with Crippen molar-refractivity contribution in [2.75, 3.05) is 4.90 Å². The number of hydrogen-bond acceptors (Lipinski definition) is 1. The Morgan fingerprint density at radius 2 is 0.860 bits per heavy atom. The molecule has 0 bridgehead atoms. The average Bonchev–Trinajstić information content (AvgIpc) is 3.26. The maximum Gasteiger partial charge on any atom is 0.0540 e. The molecule has 0 saturated heterocycles. The van der Waals surface area contributed by atoms with Crippen LogP contribution in [0.4, 0.5) is 17.1 Å². The second-order valence-corrected chi connectivity index (χ2v) is 16.9. The van der Waals surface area contributed by atoms with Crippen molar-refractivity contribution in [3.63, 3.8) is 0 Å². The molecule has 57 heavy (non-hydrogen) atoms. The van der Waals surface area contributed by atoms with Crippen molar-refractivity contribution in [2.45, 2.75) is 38.5 Å². The molecule has 10 aromatic rings. The molecule has 11 rings (SSSR count). The van der Waals surface area contributed by atoms with Gasteiger partial charge in [-0.2, -0.15) is 0 Å². The van der Waals surface area contributed by atoms with Gasteiger partial charge >= 0.3 is 0 Å². The minimum absolute atomic E-state index is 0.00920. The maximum atomic E-state index is 2.43. The second-order valence-electron chi connectivity index (χ2n) is 16.9. The Hall–Kier alpha value is -6.70. The van der Waals surface area contributed by atoms with Crippen molar-refractivity contribution in [2.24, 2.45) is 0 Å². The van der Waals surface area contributed by atoms with E-state index in [1.54, 1.807) is 0 Å². The molecule has 10 aromatic carbocycles. The van der Waals surface area contributed by atoms with Crippen molar-refractivity contribution >= 4 is 70.9 Å². The second kappa shape index (κ2) is 12.4. The third-order valence-corrected chi connectivity index (χ3v) is 13.5. The minimum atomic E-state index is -0.0375. The van der Waals surface area contributed by atoms with Gasteiger partial charge in [-0.05, 0) is 135 Å². The lowest BCUT2D eigenvalue weighted by atomic mass is 9.56.